The van der Waals surface area contributed by atoms with Gasteiger partial charge in [0.05, 0.1) is 18.5 Å². The molecule has 2 aliphatic carbocycles. The lowest BCUT2D eigenvalue weighted by molar-refractivity contribution is 0.153. The van der Waals surface area contributed by atoms with Crippen molar-refractivity contribution in [2.75, 3.05) is 13.2 Å². The van der Waals surface area contributed by atoms with Gasteiger partial charge in [-0.25, -0.2) is 14.4 Å². The molecule has 0 amide bonds. The quantitative estimate of drug-likeness (QED) is 0.909. The third-order valence-corrected chi connectivity index (χ3v) is 4.84. The van der Waals surface area contributed by atoms with Crippen LogP contribution in [0.5, 0.6) is 5.75 Å². The van der Waals surface area contributed by atoms with Gasteiger partial charge >= 0.3 is 0 Å². The molecule has 1 aromatic rings. The lowest BCUT2D eigenvalue weighted by Gasteiger charge is -2.27. The van der Waals surface area contributed by atoms with E-state index in [1.165, 1.54) is 6.08 Å². The number of ether oxygens (including phenoxy) is 1. The van der Waals surface area contributed by atoms with Crippen LogP contribution in [0, 0.1) is 31.1 Å². The summed E-state index contributed by atoms with van der Waals surface area (Å²) in [6, 6.07) is 0. The number of hydrogen-bond donors (Lipinski definition) is 1. The van der Waals surface area contributed by atoms with E-state index < -0.39 is 0 Å². The van der Waals surface area contributed by atoms with Crippen molar-refractivity contribution in [2.24, 2.45) is 17.3 Å². The molecule has 0 aromatic carbocycles. The average molecular weight is 304 g/mol. The first-order valence-corrected chi connectivity index (χ1v) is 7.63. The monoisotopic (exact) mass is 304 g/mol. The van der Waals surface area contributed by atoms with Crippen molar-refractivity contribution in [3.05, 3.63) is 41.8 Å². The van der Waals surface area contributed by atoms with Gasteiger partial charge in [0.2, 0.25) is 0 Å². The normalized spacial score (nSPS) is 30.1. The topological polar surface area (TPSA) is 55.2 Å². The molecule has 1 fully saturated rings. The van der Waals surface area contributed by atoms with Gasteiger partial charge in [0.25, 0.3) is 0 Å². The first-order chi connectivity index (χ1) is 10.5. The van der Waals surface area contributed by atoms with Crippen molar-refractivity contribution in [1.29, 1.82) is 0 Å². The Balaban J connectivity index is 1.72. The zero-order chi connectivity index (χ0) is 15.7. The lowest BCUT2D eigenvalue weighted by Crippen LogP contribution is -2.26. The molecule has 2 aliphatic rings. The zero-order valence-corrected chi connectivity index (χ0v) is 12.9. The average Bonchev–Trinajstić information content (AvgIpc) is 3.22. The van der Waals surface area contributed by atoms with Gasteiger partial charge < -0.3 is 9.84 Å². The highest BCUT2D eigenvalue weighted by Crippen LogP contribution is 2.59. The number of nitrogens with zero attached hydrogens (tertiary/aromatic N) is 2. The van der Waals surface area contributed by atoms with E-state index in [0.717, 1.165) is 17.9 Å². The van der Waals surface area contributed by atoms with Crippen LogP contribution in [-0.2, 0) is 0 Å². The van der Waals surface area contributed by atoms with Crippen LogP contribution >= 0.6 is 0 Å². The Morgan fingerprint density at radius 1 is 1.45 bits per heavy atom. The van der Waals surface area contributed by atoms with Gasteiger partial charge in [-0.15, -0.1) is 0 Å². The van der Waals surface area contributed by atoms with E-state index in [4.69, 9.17) is 4.74 Å². The molecule has 118 valence electrons. The Morgan fingerprint density at radius 2 is 2.27 bits per heavy atom. The Morgan fingerprint density at radius 3 is 2.86 bits per heavy atom. The molecule has 3 atom stereocenters. The van der Waals surface area contributed by atoms with E-state index >= 15 is 0 Å². The molecule has 1 saturated carbocycles. The summed E-state index contributed by atoms with van der Waals surface area (Å²) in [6.45, 7) is 4.37. The van der Waals surface area contributed by atoms with Crippen molar-refractivity contribution in [1.82, 2.24) is 9.97 Å². The minimum absolute atomic E-state index is 0.111. The maximum absolute atomic E-state index is 13.2. The molecule has 0 radical (unpaired) electrons. The second kappa shape index (κ2) is 5.80. The van der Waals surface area contributed by atoms with Crippen LogP contribution in [0.15, 0.2) is 30.3 Å². The third-order valence-electron chi connectivity index (χ3n) is 4.84. The summed E-state index contributed by atoms with van der Waals surface area (Å²) in [5, 5.41) is 9.52. The van der Waals surface area contributed by atoms with Gasteiger partial charge in [-0.2, -0.15) is 0 Å². The summed E-state index contributed by atoms with van der Waals surface area (Å²) in [5.74, 6) is 1.63. The number of aromatic nitrogens is 2. The number of aliphatic hydroxyl groups excluding tert-OH is 1. The van der Waals surface area contributed by atoms with Gasteiger partial charge in [-0.05, 0) is 50.7 Å². The number of aliphatic hydroxyl groups is 1. The smallest absolute Gasteiger partial charge is 0.158 e. The van der Waals surface area contributed by atoms with Gasteiger partial charge in [0, 0.05) is 12.0 Å². The van der Waals surface area contributed by atoms with Crippen LogP contribution in [0.2, 0.25) is 0 Å². The van der Waals surface area contributed by atoms with E-state index in [1.807, 2.05) is 19.9 Å². The molecule has 0 saturated heterocycles. The highest BCUT2D eigenvalue weighted by Gasteiger charge is 2.58. The summed E-state index contributed by atoms with van der Waals surface area (Å²) in [6.07, 6.45) is 8.29. The summed E-state index contributed by atoms with van der Waals surface area (Å²) < 4.78 is 19.1. The van der Waals surface area contributed by atoms with Crippen LogP contribution in [0.1, 0.15) is 24.4 Å². The summed E-state index contributed by atoms with van der Waals surface area (Å²) in [5.41, 5.74) is 0.703. The van der Waals surface area contributed by atoms with Crippen molar-refractivity contribution >= 4 is 0 Å². The second-order valence-electron chi connectivity index (χ2n) is 6.26. The van der Waals surface area contributed by atoms with E-state index in [-0.39, 0.29) is 29.7 Å². The molecule has 1 N–H and O–H groups in total. The SMILES string of the molecule is Cc1ncc(OC[C@@]2(C3C=CC(F)=CC3)C[C@H]2CO)c(C)n1. The number of allylic oxidation sites excluding steroid dienone is 4. The van der Waals surface area contributed by atoms with Gasteiger partial charge in [0.1, 0.15) is 11.7 Å². The number of hydrogen-bond acceptors (Lipinski definition) is 4. The summed E-state index contributed by atoms with van der Waals surface area (Å²) >= 11 is 0. The Labute approximate surface area is 129 Å². The maximum Gasteiger partial charge on any atom is 0.158 e. The molecule has 3 rings (SSSR count). The molecule has 1 unspecified atom stereocenters. The first kappa shape index (κ1) is 15.2. The molecule has 4 nitrogen and oxygen atoms in total. The molecule has 22 heavy (non-hydrogen) atoms. The van der Waals surface area contributed by atoms with Crippen LogP contribution < -0.4 is 4.74 Å². The van der Waals surface area contributed by atoms with E-state index in [9.17, 15) is 9.50 Å². The van der Waals surface area contributed by atoms with Crippen LogP contribution in [-0.4, -0.2) is 28.3 Å². The highest BCUT2D eigenvalue weighted by molar-refractivity contribution is 5.26. The number of aryl methyl sites for hydroxylation is 2. The summed E-state index contributed by atoms with van der Waals surface area (Å²) in [7, 11) is 0. The Hall–Kier alpha value is -1.75. The van der Waals surface area contributed by atoms with Crippen molar-refractivity contribution in [2.45, 2.75) is 26.7 Å². The fraction of sp³-hybridized carbons (Fsp3) is 0.529. The van der Waals surface area contributed by atoms with E-state index in [0.29, 0.717) is 18.8 Å². The molecule has 1 heterocycles. The zero-order valence-electron chi connectivity index (χ0n) is 12.9. The lowest BCUT2D eigenvalue weighted by atomic mass is 9.82. The minimum atomic E-state index is -0.184. The predicted molar refractivity (Wildman–Crippen MR) is 81.1 cm³/mol. The van der Waals surface area contributed by atoms with E-state index in [2.05, 4.69) is 9.97 Å². The largest absolute Gasteiger partial charge is 0.489 e. The third kappa shape index (κ3) is 2.77. The van der Waals surface area contributed by atoms with Crippen LogP contribution in [0.3, 0.4) is 0 Å². The molecule has 1 aromatic heterocycles. The fourth-order valence-corrected chi connectivity index (χ4v) is 3.33. The summed E-state index contributed by atoms with van der Waals surface area (Å²) in [4.78, 5) is 8.46. The van der Waals surface area contributed by atoms with E-state index in [1.54, 1.807) is 12.3 Å². The molecule has 0 spiro atoms. The van der Waals surface area contributed by atoms with Crippen LogP contribution in [0.25, 0.3) is 0 Å². The maximum atomic E-state index is 13.2. The van der Waals surface area contributed by atoms with Gasteiger partial charge in [0.15, 0.2) is 5.75 Å². The molecule has 0 bridgehead atoms. The van der Waals surface area contributed by atoms with Crippen LogP contribution in [0.4, 0.5) is 4.39 Å². The highest BCUT2D eigenvalue weighted by atomic mass is 19.1. The molecular weight excluding hydrogens is 283 g/mol. The van der Waals surface area contributed by atoms with Crippen molar-refractivity contribution in [3.8, 4) is 5.75 Å². The standard InChI is InChI=1S/C17H21FN2O2/c1-11-16(8-19-12(2)20-11)22-10-17(7-14(17)9-21)13-3-5-15(18)6-4-13/h3,5-6,8,13-14,21H,4,7,9-10H2,1-2H3/t13?,14-,17+/m0/s1. The first-order valence-electron chi connectivity index (χ1n) is 7.63. The Kier molecular flexibility index (Phi) is 4.00. The fourth-order valence-electron chi connectivity index (χ4n) is 3.33. The van der Waals surface area contributed by atoms with Crippen molar-refractivity contribution in [3.63, 3.8) is 0 Å². The van der Waals surface area contributed by atoms with Gasteiger partial charge in [-0.1, -0.05) is 6.08 Å². The second-order valence-corrected chi connectivity index (χ2v) is 6.26. The van der Waals surface area contributed by atoms with Crippen molar-refractivity contribution < 1.29 is 14.2 Å². The molecular formula is C17H21FN2O2. The van der Waals surface area contributed by atoms with Gasteiger partial charge in [-0.3, -0.25) is 0 Å². The Bertz CT molecular complexity index is 629. The predicted octanol–water partition coefficient (Wildman–Crippen LogP) is 2.90. The number of rotatable bonds is 5. The minimum Gasteiger partial charge on any atom is -0.489 e. The molecule has 5 heteroatoms. The number of halogens is 1. The molecule has 0 aliphatic heterocycles.